The van der Waals surface area contributed by atoms with E-state index in [-0.39, 0.29) is 29.1 Å². The molecule has 1 atom stereocenters. The topological polar surface area (TPSA) is 138 Å². The molecule has 4 aromatic rings. The Hall–Kier alpha value is -3.74. The number of aliphatic hydroxyl groups excluding tert-OH is 1. The molecule has 5 rings (SSSR count). The second-order valence-corrected chi connectivity index (χ2v) is 12.0. The van der Waals surface area contributed by atoms with E-state index in [9.17, 15) is 27.5 Å². The highest BCUT2D eigenvalue weighted by Crippen LogP contribution is 2.36. The molecule has 2 heterocycles. The van der Waals surface area contributed by atoms with E-state index in [2.05, 4.69) is 20.6 Å². The van der Waals surface area contributed by atoms with Crippen molar-refractivity contribution in [3.8, 4) is 11.1 Å². The number of amides is 2. The number of aromatic nitrogens is 2. The van der Waals surface area contributed by atoms with Crippen LogP contribution in [0.5, 0.6) is 0 Å². The minimum atomic E-state index is -4.35. The summed E-state index contributed by atoms with van der Waals surface area (Å²) in [5, 5.41) is 12.8. The number of carbonyl (C=O) groups is 2. The van der Waals surface area contributed by atoms with Crippen molar-refractivity contribution in [3.63, 3.8) is 0 Å². The number of hydrogen-bond acceptors (Lipinski definition) is 8. The van der Waals surface area contributed by atoms with E-state index in [0.717, 1.165) is 59.6 Å². The van der Waals surface area contributed by atoms with Gasteiger partial charge in [-0.2, -0.15) is 0 Å². The highest BCUT2D eigenvalue weighted by Gasteiger charge is 2.38. The standard InChI is InChI=1S/C26H23FN4O5S2/c27-17-2-6-20(7-3-17)38(35,36)24(25(34)29-13-23(33)30-18-4-5-18)26-31-21-8-1-15(12-22(21)37-26)16-9-10-28-19(11-16)14-32/h1-3,6-12,18,24,32H,4-5,13-14H2,(H,29,34)(H,30,33). The Morgan fingerprint density at radius 2 is 1.82 bits per heavy atom. The van der Waals surface area contributed by atoms with Crippen LogP contribution in [0, 0.1) is 5.82 Å². The van der Waals surface area contributed by atoms with Gasteiger partial charge in [-0.05, 0) is 72.5 Å². The molecule has 12 heteroatoms. The zero-order valence-electron chi connectivity index (χ0n) is 19.9. The van der Waals surface area contributed by atoms with Gasteiger partial charge in [0.15, 0.2) is 15.1 Å². The molecule has 0 saturated heterocycles. The molecule has 2 amide bonds. The SMILES string of the molecule is O=C(CNC(=O)C(c1nc2ccc(-c3ccnc(CO)c3)cc2s1)S(=O)(=O)c1ccc(F)cc1)NC1CC1. The minimum absolute atomic E-state index is 0.0207. The van der Waals surface area contributed by atoms with Crippen LogP contribution < -0.4 is 10.6 Å². The lowest BCUT2D eigenvalue weighted by molar-refractivity contribution is -0.126. The number of nitrogens with one attached hydrogen (secondary N) is 2. The Morgan fingerprint density at radius 1 is 1.08 bits per heavy atom. The van der Waals surface area contributed by atoms with Crippen molar-refractivity contribution in [2.45, 2.75) is 35.6 Å². The maximum absolute atomic E-state index is 13.6. The minimum Gasteiger partial charge on any atom is -0.390 e. The Morgan fingerprint density at radius 3 is 2.53 bits per heavy atom. The van der Waals surface area contributed by atoms with E-state index in [4.69, 9.17) is 0 Å². The summed E-state index contributed by atoms with van der Waals surface area (Å²) in [4.78, 5) is 33.7. The molecular formula is C26H23FN4O5S2. The normalized spacial score (nSPS) is 14.3. The first-order chi connectivity index (χ1) is 18.2. The summed E-state index contributed by atoms with van der Waals surface area (Å²) in [5.41, 5.74) is 2.59. The molecule has 1 unspecified atom stereocenters. The summed E-state index contributed by atoms with van der Waals surface area (Å²) >= 11 is 1.04. The number of benzene rings is 2. The fourth-order valence-corrected chi connectivity index (χ4v) is 6.87. The van der Waals surface area contributed by atoms with Crippen molar-refractivity contribution >= 4 is 43.2 Å². The third-order valence-electron chi connectivity index (χ3n) is 6.00. The quantitative estimate of drug-likeness (QED) is 0.271. The van der Waals surface area contributed by atoms with Gasteiger partial charge in [0.25, 0.3) is 0 Å². The molecule has 196 valence electrons. The van der Waals surface area contributed by atoms with Crippen LogP contribution in [0.3, 0.4) is 0 Å². The van der Waals surface area contributed by atoms with Gasteiger partial charge in [-0.15, -0.1) is 11.3 Å². The fourth-order valence-electron chi connectivity index (χ4n) is 3.89. The molecule has 2 aromatic heterocycles. The predicted octanol–water partition coefficient (Wildman–Crippen LogP) is 2.90. The zero-order valence-corrected chi connectivity index (χ0v) is 21.6. The van der Waals surface area contributed by atoms with Crippen LogP contribution in [0.1, 0.15) is 28.8 Å². The number of halogens is 1. The van der Waals surface area contributed by atoms with E-state index in [1.165, 1.54) is 0 Å². The van der Waals surface area contributed by atoms with Gasteiger partial charge in [0, 0.05) is 12.2 Å². The molecule has 1 aliphatic carbocycles. The first-order valence-electron chi connectivity index (χ1n) is 11.8. The summed E-state index contributed by atoms with van der Waals surface area (Å²) in [6.45, 7) is -0.591. The highest BCUT2D eigenvalue weighted by atomic mass is 32.2. The second kappa shape index (κ2) is 10.6. The summed E-state index contributed by atoms with van der Waals surface area (Å²) in [5.74, 6) is -1.93. The first kappa shape index (κ1) is 25.9. The molecule has 3 N–H and O–H groups in total. The van der Waals surface area contributed by atoms with Crippen LogP contribution in [0.15, 0.2) is 65.7 Å². The lowest BCUT2D eigenvalue weighted by atomic mass is 10.1. The maximum Gasteiger partial charge on any atom is 0.246 e. The van der Waals surface area contributed by atoms with Gasteiger partial charge in [0.05, 0.1) is 34.0 Å². The molecule has 38 heavy (non-hydrogen) atoms. The maximum atomic E-state index is 13.6. The Balaban J connectivity index is 1.51. The molecule has 1 aliphatic rings. The lowest BCUT2D eigenvalue weighted by Crippen LogP contribution is -2.41. The van der Waals surface area contributed by atoms with E-state index < -0.39 is 32.7 Å². The number of hydrogen-bond donors (Lipinski definition) is 3. The number of rotatable bonds is 9. The summed E-state index contributed by atoms with van der Waals surface area (Å²) in [6.07, 6.45) is 3.32. The summed E-state index contributed by atoms with van der Waals surface area (Å²) in [6, 6.07) is 13.1. The molecule has 0 radical (unpaired) electrons. The van der Waals surface area contributed by atoms with Crippen molar-refractivity contribution in [1.29, 1.82) is 0 Å². The molecule has 1 saturated carbocycles. The first-order valence-corrected chi connectivity index (χ1v) is 14.1. The fraction of sp³-hybridized carbons (Fsp3) is 0.231. The van der Waals surface area contributed by atoms with E-state index in [1.807, 2.05) is 6.07 Å². The van der Waals surface area contributed by atoms with Crippen LogP contribution in [-0.2, 0) is 26.0 Å². The predicted molar refractivity (Wildman–Crippen MR) is 139 cm³/mol. The van der Waals surface area contributed by atoms with Crippen LogP contribution in [0.25, 0.3) is 21.3 Å². The molecule has 1 fully saturated rings. The number of pyridine rings is 1. The molecule has 0 bridgehead atoms. The number of carbonyl (C=O) groups excluding carboxylic acids is 2. The van der Waals surface area contributed by atoms with E-state index >= 15 is 0 Å². The van der Waals surface area contributed by atoms with Gasteiger partial charge >= 0.3 is 0 Å². The third kappa shape index (κ3) is 5.57. The summed E-state index contributed by atoms with van der Waals surface area (Å²) < 4.78 is 41.3. The average Bonchev–Trinajstić information content (AvgIpc) is 3.63. The van der Waals surface area contributed by atoms with Crippen LogP contribution in [0.2, 0.25) is 0 Å². The van der Waals surface area contributed by atoms with Crippen molar-refractivity contribution in [2.24, 2.45) is 0 Å². The Bertz CT molecular complexity index is 1620. The number of sulfone groups is 1. The highest BCUT2D eigenvalue weighted by molar-refractivity contribution is 7.92. The number of nitrogens with zero attached hydrogens (tertiary/aromatic N) is 2. The van der Waals surface area contributed by atoms with Crippen molar-refractivity contribution in [2.75, 3.05) is 6.54 Å². The van der Waals surface area contributed by atoms with Crippen molar-refractivity contribution in [1.82, 2.24) is 20.6 Å². The molecule has 2 aromatic carbocycles. The van der Waals surface area contributed by atoms with Gasteiger partial charge in [-0.25, -0.2) is 17.8 Å². The largest absolute Gasteiger partial charge is 0.390 e. The number of thiazole rings is 1. The van der Waals surface area contributed by atoms with Crippen LogP contribution in [0.4, 0.5) is 4.39 Å². The van der Waals surface area contributed by atoms with Gasteiger partial charge in [0.1, 0.15) is 10.8 Å². The Labute approximate surface area is 221 Å². The molecule has 9 nitrogen and oxygen atoms in total. The van der Waals surface area contributed by atoms with Gasteiger partial charge in [-0.3, -0.25) is 14.6 Å². The number of aliphatic hydroxyl groups is 1. The van der Waals surface area contributed by atoms with E-state index in [0.29, 0.717) is 15.9 Å². The molecule has 0 spiro atoms. The van der Waals surface area contributed by atoms with Gasteiger partial charge in [0.2, 0.25) is 11.8 Å². The van der Waals surface area contributed by atoms with Gasteiger partial charge in [-0.1, -0.05) is 6.07 Å². The zero-order chi connectivity index (χ0) is 26.9. The third-order valence-corrected chi connectivity index (χ3v) is 9.22. The number of fused-ring (bicyclic) bond motifs is 1. The van der Waals surface area contributed by atoms with Crippen molar-refractivity contribution in [3.05, 3.63) is 77.3 Å². The van der Waals surface area contributed by atoms with E-state index in [1.54, 1.807) is 30.5 Å². The molecular weight excluding hydrogens is 531 g/mol. The van der Waals surface area contributed by atoms with Crippen LogP contribution >= 0.6 is 11.3 Å². The lowest BCUT2D eigenvalue weighted by Gasteiger charge is -2.16. The second-order valence-electron chi connectivity index (χ2n) is 8.87. The average molecular weight is 555 g/mol. The Kier molecular flexibility index (Phi) is 7.19. The van der Waals surface area contributed by atoms with Crippen molar-refractivity contribution < 1.29 is 27.5 Å². The monoisotopic (exact) mass is 554 g/mol. The summed E-state index contributed by atoms with van der Waals surface area (Å²) in [7, 11) is -4.35. The molecule has 0 aliphatic heterocycles. The van der Waals surface area contributed by atoms with Gasteiger partial charge < -0.3 is 15.7 Å². The smallest absolute Gasteiger partial charge is 0.246 e. The van der Waals surface area contributed by atoms with Crippen LogP contribution in [-0.4, -0.2) is 47.9 Å².